The van der Waals surface area contributed by atoms with E-state index in [1.807, 2.05) is 11.8 Å². The lowest BCUT2D eigenvalue weighted by Crippen LogP contribution is -2.33. The normalized spacial score (nSPS) is 19.0. The molecule has 0 saturated carbocycles. The van der Waals surface area contributed by atoms with Crippen LogP contribution in [0.1, 0.15) is 33.1 Å². The summed E-state index contributed by atoms with van der Waals surface area (Å²) in [5.74, 6) is -0.598. The molecular formula is C21H25FN4O3. The van der Waals surface area contributed by atoms with Crippen LogP contribution in [0.25, 0.3) is 0 Å². The van der Waals surface area contributed by atoms with Gasteiger partial charge in [0.2, 0.25) is 5.91 Å². The predicted octanol–water partition coefficient (Wildman–Crippen LogP) is 3.12. The van der Waals surface area contributed by atoms with Crippen molar-refractivity contribution in [2.45, 2.75) is 39.2 Å². The zero-order valence-corrected chi connectivity index (χ0v) is 16.7. The van der Waals surface area contributed by atoms with Crippen LogP contribution in [-0.4, -0.2) is 44.3 Å². The van der Waals surface area contributed by atoms with Crippen molar-refractivity contribution in [1.82, 2.24) is 5.32 Å². The molecule has 0 aliphatic carbocycles. The fourth-order valence-corrected chi connectivity index (χ4v) is 3.74. The maximum Gasteiger partial charge on any atom is 0.414 e. The van der Waals surface area contributed by atoms with E-state index in [0.717, 1.165) is 30.4 Å². The number of hydrogen-bond donors (Lipinski definition) is 1. The summed E-state index contributed by atoms with van der Waals surface area (Å²) in [6.07, 6.45) is 1.21. The number of hydrogen-bond acceptors (Lipinski definition) is 5. The van der Waals surface area contributed by atoms with Gasteiger partial charge in [0.15, 0.2) is 0 Å². The molecule has 1 aromatic carbocycles. The number of halogens is 1. The zero-order chi connectivity index (χ0) is 21.0. The van der Waals surface area contributed by atoms with E-state index in [-0.39, 0.29) is 19.0 Å². The Morgan fingerprint density at radius 3 is 2.69 bits per heavy atom. The molecule has 0 spiro atoms. The van der Waals surface area contributed by atoms with Crippen LogP contribution in [0.2, 0.25) is 0 Å². The molecule has 3 rings (SSSR count). The molecule has 1 N–H and O–H groups in total. The summed E-state index contributed by atoms with van der Waals surface area (Å²) in [4.78, 5) is 26.5. The average molecular weight is 400 g/mol. The Labute approximate surface area is 169 Å². The van der Waals surface area contributed by atoms with Crippen LogP contribution in [0.4, 0.5) is 20.6 Å². The Morgan fingerprint density at radius 2 is 2.10 bits per heavy atom. The molecule has 7 nitrogen and oxygen atoms in total. The summed E-state index contributed by atoms with van der Waals surface area (Å²) >= 11 is 0. The van der Waals surface area contributed by atoms with Crippen molar-refractivity contribution >= 4 is 23.4 Å². The standard InChI is InChI=1S/C21H25FN4O3/c1-3-15(11-23)16-6-8-25(9-7-16)20-5-4-17(10-19(20)22)26-13-18(29-21(26)28)12-24-14(2)27/h4-5,10,18H,3,6-9,12-13H2,1-2H3,(H,24,27). The van der Waals surface area contributed by atoms with Gasteiger partial charge in [-0.1, -0.05) is 12.5 Å². The second-order valence-electron chi connectivity index (χ2n) is 7.22. The summed E-state index contributed by atoms with van der Waals surface area (Å²) in [6, 6.07) is 6.99. The maximum absolute atomic E-state index is 14.8. The number of allylic oxidation sites excluding steroid dienone is 1. The fraction of sp³-hybridized carbons (Fsp3) is 0.476. The highest BCUT2D eigenvalue weighted by Gasteiger charge is 2.33. The van der Waals surface area contributed by atoms with Gasteiger partial charge in [0, 0.05) is 25.6 Å². The van der Waals surface area contributed by atoms with E-state index < -0.39 is 18.0 Å². The van der Waals surface area contributed by atoms with E-state index in [9.17, 15) is 19.2 Å². The smallest absolute Gasteiger partial charge is 0.414 e. The maximum atomic E-state index is 14.8. The third-order valence-electron chi connectivity index (χ3n) is 5.32. The van der Waals surface area contributed by atoms with E-state index >= 15 is 0 Å². The van der Waals surface area contributed by atoms with Crippen molar-refractivity contribution in [3.63, 3.8) is 0 Å². The van der Waals surface area contributed by atoms with Gasteiger partial charge in [0.1, 0.15) is 11.9 Å². The number of piperidine rings is 1. The number of carbonyl (C=O) groups is 2. The molecule has 0 radical (unpaired) electrons. The largest absolute Gasteiger partial charge is 0.442 e. The molecule has 0 bridgehead atoms. The van der Waals surface area contributed by atoms with Crippen molar-refractivity contribution in [3.8, 4) is 6.07 Å². The number of carbonyl (C=O) groups excluding carboxylic acids is 2. The minimum absolute atomic E-state index is 0.199. The minimum Gasteiger partial charge on any atom is -0.442 e. The SMILES string of the molecule is CCC(C#N)=C1CCN(c2ccc(N3CC(CNC(C)=O)OC3=O)cc2F)CC1. The van der Waals surface area contributed by atoms with Crippen LogP contribution >= 0.6 is 0 Å². The molecule has 29 heavy (non-hydrogen) atoms. The first-order valence-corrected chi connectivity index (χ1v) is 9.81. The molecule has 8 heteroatoms. The highest BCUT2D eigenvalue weighted by atomic mass is 19.1. The van der Waals surface area contributed by atoms with Gasteiger partial charge in [-0.05, 0) is 37.5 Å². The van der Waals surface area contributed by atoms with Crippen LogP contribution in [0.3, 0.4) is 0 Å². The summed E-state index contributed by atoms with van der Waals surface area (Å²) < 4.78 is 20.0. The third-order valence-corrected chi connectivity index (χ3v) is 5.32. The number of anilines is 2. The molecule has 1 unspecified atom stereocenters. The molecule has 2 aliphatic rings. The molecule has 2 saturated heterocycles. The lowest BCUT2D eigenvalue weighted by Gasteiger charge is -2.31. The first-order chi connectivity index (χ1) is 13.9. The van der Waals surface area contributed by atoms with E-state index in [4.69, 9.17) is 4.74 Å². The van der Waals surface area contributed by atoms with E-state index in [1.165, 1.54) is 17.9 Å². The first kappa shape index (κ1) is 20.6. The van der Waals surface area contributed by atoms with Gasteiger partial charge >= 0.3 is 6.09 Å². The van der Waals surface area contributed by atoms with Crippen molar-refractivity contribution in [2.24, 2.45) is 0 Å². The van der Waals surface area contributed by atoms with Gasteiger partial charge in [0.05, 0.1) is 30.5 Å². The zero-order valence-electron chi connectivity index (χ0n) is 16.7. The van der Waals surface area contributed by atoms with Crippen LogP contribution in [0.15, 0.2) is 29.3 Å². The second-order valence-corrected chi connectivity index (χ2v) is 7.22. The lowest BCUT2D eigenvalue weighted by molar-refractivity contribution is -0.119. The molecular weight excluding hydrogens is 375 g/mol. The van der Waals surface area contributed by atoms with Gasteiger partial charge in [-0.25, -0.2) is 9.18 Å². The summed E-state index contributed by atoms with van der Waals surface area (Å²) in [5, 5.41) is 11.8. The number of nitrogens with zero attached hydrogens (tertiary/aromatic N) is 3. The van der Waals surface area contributed by atoms with Crippen molar-refractivity contribution in [3.05, 3.63) is 35.2 Å². The third kappa shape index (κ3) is 4.67. The van der Waals surface area contributed by atoms with Crippen molar-refractivity contribution in [2.75, 3.05) is 36.0 Å². The number of ether oxygens (including phenoxy) is 1. The molecule has 154 valence electrons. The number of amides is 2. The summed E-state index contributed by atoms with van der Waals surface area (Å²) in [7, 11) is 0. The van der Waals surface area contributed by atoms with Gasteiger partial charge in [-0.2, -0.15) is 5.26 Å². The Kier molecular flexibility index (Phi) is 6.37. The minimum atomic E-state index is -0.552. The predicted molar refractivity (Wildman–Crippen MR) is 107 cm³/mol. The van der Waals surface area contributed by atoms with E-state index in [2.05, 4.69) is 11.4 Å². The van der Waals surface area contributed by atoms with Crippen molar-refractivity contribution < 1.29 is 18.7 Å². The van der Waals surface area contributed by atoms with Gasteiger partial charge in [0.25, 0.3) is 0 Å². The topological polar surface area (TPSA) is 85.7 Å². The van der Waals surface area contributed by atoms with Crippen LogP contribution in [0.5, 0.6) is 0 Å². The molecule has 1 aromatic rings. The Hall–Kier alpha value is -3.08. The highest BCUT2D eigenvalue weighted by Crippen LogP contribution is 2.31. The number of cyclic esters (lactones) is 1. The number of rotatable bonds is 5. The van der Waals surface area contributed by atoms with Gasteiger partial charge in [-0.15, -0.1) is 0 Å². The number of nitriles is 1. The highest BCUT2D eigenvalue weighted by molar-refractivity contribution is 5.90. The quantitative estimate of drug-likeness (QED) is 0.768. The number of nitrogens with one attached hydrogen (secondary N) is 1. The number of benzene rings is 1. The molecule has 2 heterocycles. The Morgan fingerprint density at radius 1 is 1.38 bits per heavy atom. The molecule has 0 aromatic heterocycles. The monoisotopic (exact) mass is 400 g/mol. The Balaban J connectivity index is 1.67. The van der Waals surface area contributed by atoms with E-state index in [1.54, 1.807) is 12.1 Å². The van der Waals surface area contributed by atoms with Gasteiger partial charge in [-0.3, -0.25) is 9.69 Å². The van der Waals surface area contributed by atoms with Crippen LogP contribution in [0, 0.1) is 17.1 Å². The van der Waals surface area contributed by atoms with Crippen LogP contribution in [-0.2, 0) is 9.53 Å². The molecule has 2 aliphatic heterocycles. The summed E-state index contributed by atoms with van der Waals surface area (Å²) in [6.45, 7) is 5.16. The Bertz CT molecular complexity index is 867. The molecule has 2 amide bonds. The summed E-state index contributed by atoms with van der Waals surface area (Å²) in [5.41, 5.74) is 2.91. The van der Waals surface area contributed by atoms with E-state index in [0.29, 0.717) is 24.5 Å². The van der Waals surface area contributed by atoms with Gasteiger partial charge < -0.3 is 15.0 Å². The lowest BCUT2D eigenvalue weighted by atomic mass is 9.96. The molecule has 2 fully saturated rings. The first-order valence-electron chi connectivity index (χ1n) is 9.81. The van der Waals surface area contributed by atoms with Crippen molar-refractivity contribution in [1.29, 1.82) is 5.26 Å². The average Bonchev–Trinajstić information content (AvgIpc) is 3.08. The molecule has 1 atom stereocenters. The fourth-order valence-electron chi connectivity index (χ4n) is 3.74. The second kappa shape index (κ2) is 8.95. The van der Waals surface area contributed by atoms with Crippen LogP contribution < -0.4 is 15.1 Å².